The second-order valence-electron chi connectivity index (χ2n) is 8.13. The van der Waals surface area contributed by atoms with Crippen molar-refractivity contribution in [1.82, 2.24) is 19.7 Å². The number of para-hydroxylation sites is 1. The molecule has 0 aliphatic carbocycles. The molecule has 3 heterocycles. The summed E-state index contributed by atoms with van der Waals surface area (Å²) in [6, 6.07) is 14.0. The number of nitrogens with zero attached hydrogens (tertiary/aromatic N) is 3. The molecule has 1 aliphatic heterocycles. The predicted molar refractivity (Wildman–Crippen MR) is 114 cm³/mol. The van der Waals surface area contributed by atoms with Gasteiger partial charge in [-0.2, -0.15) is 18.3 Å². The highest BCUT2D eigenvalue weighted by Crippen LogP contribution is 2.40. The van der Waals surface area contributed by atoms with Gasteiger partial charge in [0.2, 0.25) is 0 Å². The molecule has 2 aromatic heterocycles. The third-order valence-electron chi connectivity index (χ3n) is 6.05. The summed E-state index contributed by atoms with van der Waals surface area (Å²) in [5, 5.41) is 5.29. The molecule has 1 atom stereocenters. The van der Waals surface area contributed by atoms with Crippen LogP contribution in [0.15, 0.2) is 54.6 Å². The fourth-order valence-corrected chi connectivity index (χ4v) is 4.65. The number of aromatic amines is 1. The number of hydrogen-bond donors (Lipinski definition) is 1. The van der Waals surface area contributed by atoms with Gasteiger partial charge in [-0.3, -0.25) is 9.48 Å². The molecule has 32 heavy (non-hydrogen) atoms. The van der Waals surface area contributed by atoms with Crippen LogP contribution in [-0.4, -0.2) is 32.1 Å². The van der Waals surface area contributed by atoms with Crippen LogP contribution in [0, 0.1) is 6.92 Å². The lowest BCUT2D eigenvalue weighted by Crippen LogP contribution is -2.41. The number of alkyl halides is 3. The molecule has 0 spiro atoms. The smallest absolute Gasteiger partial charge is 0.356 e. The first-order valence-corrected chi connectivity index (χ1v) is 10.3. The van der Waals surface area contributed by atoms with E-state index in [0.717, 1.165) is 34.3 Å². The van der Waals surface area contributed by atoms with Gasteiger partial charge in [0.1, 0.15) is 5.69 Å². The first-order chi connectivity index (χ1) is 15.2. The Kier molecular flexibility index (Phi) is 4.62. The van der Waals surface area contributed by atoms with E-state index < -0.39 is 17.8 Å². The van der Waals surface area contributed by atoms with Gasteiger partial charge in [0.15, 0.2) is 0 Å². The Bertz CT molecular complexity index is 1330. The maximum absolute atomic E-state index is 13.6. The van der Waals surface area contributed by atoms with E-state index in [1.165, 1.54) is 10.7 Å². The quantitative estimate of drug-likeness (QED) is 0.478. The molecule has 1 amide bonds. The fourth-order valence-electron chi connectivity index (χ4n) is 4.65. The molecule has 8 heteroatoms. The molecule has 0 saturated heterocycles. The lowest BCUT2D eigenvalue weighted by Gasteiger charge is -2.36. The molecule has 5 nitrogen and oxygen atoms in total. The lowest BCUT2D eigenvalue weighted by atomic mass is 9.91. The summed E-state index contributed by atoms with van der Waals surface area (Å²) >= 11 is 0. The zero-order valence-electron chi connectivity index (χ0n) is 17.6. The molecule has 0 radical (unpaired) electrons. The third-order valence-corrected chi connectivity index (χ3v) is 6.05. The van der Waals surface area contributed by atoms with E-state index in [4.69, 9.17) is 0 Å². The molecule has 0 saturated carbocycles. The van der Waals surface area contributed by atoms with Crippen molar-refractivity contribution in [3.63, 3.8) is 0 Å². The number of nitrogens with one attached hydrogen (secondary N) is 1. The number of H-pyrrole nitrogens is 1. The number of aryl methyl sites for hydroxylation is 2. The van der Waals surface area contributed by atoms with Crippen LogP contribution in [-0.2, 0) is 19.6 Å². The van der Waals surface area contributed by atoms with Gasteiger partial charge in [0, 0.05) is 30.2 Å². The van der Waals surface area contributed by atoms with Crippen LogP contribution in [0.3, 0.4) is 0 Å². The largest absolute Gasteiger partial charge is 0.416 e. The highest BCUT2D eigenvalue weighted by molar-refractivity contribution is 5.94. The standard InChI is InChI=1S/C24H21F3N4O/c1-14-12-20(30(2)29-14)23(32)31-11-10-18-17-8-3-4-9-19(17)28-21(18)22(31)15-6-5-7-16(13-15)24(25,26)27/h3-9,12-13,22,28H,10-11H2,1-2H3/t22-/m1/s1. The number of amides is 1. The Balaban J connectivity index is 1.69. The summed E-state index contributed by atoms with van der Waals surface area (Å²) < 4.78 is 41.9. The summed E-state index contributed by atoms with van der Waals surface area (Å²) in [5.74, 6) is -0.264. The molecular weight excluding hydrogens is 417 g/mol. The molecule has 5 rings (SSSR count). The van der Waals surface area contributed by atoms with Crippen LogP contribution < -0.4 is 0 Å². The van der Waals surface area contributed by atoms with E-state index in [9.17, 15) is 18.0 Å². The minimum absolute atomic E-state index is 0.264. The molecule has 0 bridgehead atoms. The number of carbonyl (C=O) groups excluding carboxylic acids is 1. The van der Waals surface area contributed by atoms with Gasteiger partial charge in [-0.25, -0.2) is 0 Å². The van der Waals surface area contributed by atoms with Crippen LogP contribution in [0.25, 0.3) is 10.9 Å². The number of rotatable bonds is 2. The second kappa shape index (κ2) is 7.25. The number of aromatic nitrogens is 3. The lowest BCUT2D eigenvalue weighted by molar-refractivity contribution is -0.137. The van der Waals surface area contributed by atoms with Crippen LogP contribution in [0.1, 0.15) is 44.6 Å². The van der Waals surface area contributed by atoms with Crippen molar-refractivity contribution in [3.05, 3.63) is 88.4 Å². The molecule has 1 aliphatic rings. The summed E-state index contributed by atoms with van der Waals surface area (Å²) in [6.45, 7) is 2.19. The van der Waals surface area contributed by atoms with Crippen molar-refractivity contribution in [2.45, 2.75) is 25.6 Å². The molecule has 2 aromatic carbocycles. The monoisotopic (exact) mass is 438 g/mol. The first-order valence-electron chi connectivity index (χ1n) is 10.3. The highest BCUT2D eigenvalue weighted by Gasteiger charge is 2.37. The van der Waals surface area contributed by atoms with Gasteiger partial charge in [0.05, 0.1) is 17.3 Å². The summed E-state index contributed by atoms with van der Waals surface area (Å²) in [6.07, 6.45) is -3.86. The normalized spacial score (nSPS) is 16.4. The minimum Gasteiger partial charge on any atom is -0.356 e. The summed E-state index contributed by atoms with van der Waals surface area (Å²) in [4.78, 5) is 18.6. The number of hydrogen-bond acceptors (Lipinski definition) is 2. The van der Waals surface area contributed by atoms with Crippen molar-refractivity contribution in [1.29, 1.82) is 0 Å². The zero-order chi connectivity index (χ0) is 22.6. The number of carbonyl (C=O) groups is 1. The Morgan fingerprint density at radius 3 is 2.62 bits per heavy atom. The van der Waals surface area contributed by atoms with E-state index in [1.807, 2.05) is 24.3 Å². The summed E-state index contributed by atoms with van der Waals surface area (Å²) in [7, 11) is 1.69. The van der Waals surface area contributed by atoms with Crippen LogP contribution >= 0.6 is 0 Å². The second-order valence-corrected chi connectivity index (χ2v) is 8.13. The van der Waals surface area contributed by atoms with Crippen LogP contribution in [0.5, 0.6) is 0 Å². The topological polar surface area (TPSA) is 53.9 Å². The van der Waals surface area contributed by atoms with Crippen LogP contribution in [0.4, 0.5) is 13.2 Å². The zero-order valence-corrected chi connectivity index (χ0v) is 17.6. The van der Waals surface area contributed by atoms with E-state index in [1.54, 1.807) is 31.0 Å². The number of fused-ring (bicyclic) bond motifs is 3. The predicted octanol–water partition coefficient (Wildman–Crippen LogP) is 5.02. The van der Waals surface area contributed by atoms with Crippen molar-refractivity contribution < 1.29 is 18.0 Å². The first kappa shape index (κ1) is 20.4. The van der Waals surface area contributed by atoms with Crippen LogP contribution in [0.2, 0.25) is 0 Å². The van der Waals surface area contributed by atoms with Gasteiger partial charge in [-0.05, 0) is 48.7 Å². The van der Waals surface area contributed by atoms with Crippen molar-refractivity contribution in [2.24, 2.45) is 7.05 Å². The van der Waals surface area contributed by atoms with Crippen molar-refractivity contribution in [3.8, 4) is 0 Å². The average molecular weight is 438 g/mol. The van der Waals surface area contributed by atoms with Gasteiger partial charge < -0.3 is 9.88 Å². The Morgan fingerprint density at radius 2 is 1.91 bits per heavy atom. The van der Waals surface area contributed by atoms with Gasteiger partial charge in [-0.15, -0.1) is 0 Å². The number of benzene rings is 2. The summed E-state index contributed by atoms with van der Waals surface area (Å²) in [5.41, 5.74) is 3.48. The molecule has 0 unspecified atom stereocenters. The minimum atomic E-state index is -4.47. The van der Waals surface area contributed by atoms with Crippen molar-refractivity contribution >= 4 is 16.8 Å². The number of halogens is 3. The van der Waals surface area contributed by atoms with Gasteiger partial charge in [0.25, 0.3) is 5.91 Å². The Hall–Kier alpha value is -3.55. The molecule has 1 N–H and O–H groups in total. The average Bonchev–Trinajstić information content (AvgIpc) is 3.31. The maximum atomic E-state index is 13.6. The maximum Gasteiger partial charge on any atom is 0.416 e. The van der Waals surface area contributed by atoms with Gasteiger partial charge in [-0.1, -0.05) is 30.3 Å². The molecule has 4 aromatic rings. The fraction of sp³-hybridized carbons (Fsp3) is 0.250. The Labute approximate surface area is 182 Å². The molecular formula is C24H21F3N4O. The van der Waals surface area contributed by atoms with E-state index in [0.29, 0.717) is 29.9 Å². The Morgan fingerprint density at radius 1 is 1.12 bits per heavy atom. The highest BCUT2D eigenvalue weighted by atomic mass is 19.4. The third kappa shape index (κ3) is 3.26. The van der Waals surface area contributed by atoms with Gasteiger partial charge >= 0.3 is 6.18 Å². The van der Waals surface area contributed by atoms with E-state index in [-0.39, 0.29) is 5.91 Å². The SMILES string of the molecule is Cc1cc(C(=O)N2CCc3c([nH]c4ccccc34)[C@H]2c2cccc(C(F)(F)F)c2)n(C)n1. The van der Waals surface area contributed by atoms with E-state index >= 15 is 0 Å². The molecule has 0 fully saturated rings. The van der Waals surface area contributed by atoms with E-state index in [2.05, 4.69) is 10.1 Å². The van der Waals surface area contributed by atoms with Crippen molar-refractivity contribution in [2.75, 3.05) is 6.54 Å². The molecule has 164 valence electrons.